The molecule has 0 amide bonds. The van der Waals surface area contributed by atoms with E-state index in [1.165, 1.54) is 31.0 Å². The smallest absolute Gasteiger partial charge is 1.00 e. The standard InChI is InChI=1S/C10H19N5S.C8H6Cl2O3.K.H/c1-6(2)11-8-13-9(12-7(3)4)15-10(14-8)16-5;1-13-7-5(10)3-2-4(9)6(7)8(11)12;;/h6-7H,1-5H3,(H2,11,12,13,14,15);2-3H,1H3,(H,11,12);;/q;;+1;-1. The number of benzene rings is 1. The Morgan fingerprint density at radius 1 is 1.07 bits per heavy atom. The van der Waals surface area contributed by atoms with Crippen molar-refractivity contribution >= 4 is 52.8 Å². The van der Waals surface area contributed by atoms with Gasteiger partial charge in [-0.2, -0.15) is 15.0 Å². The maximum atomic E-state index is 10.7. The molecule has 8 nitrogen and oxygen atoms in total. The molecule has 0 atom stereocenters. The van der Waals surface area contributed by atoms with Crippen LogP contribution in [0.4, 0.5) is 11.9 Å². The van der Waals surface area contributed by atoms with Crippen LogP contribution in [-0.2, 0) is 0 Å². The Morgan fingerprint density at radius 2 is 1.53 bits per heavy atom. The summed E-state index contributed by atoms with van der Waals surface area (Å²) in [6.07, 6.45) is 1.95. The van der Waals surface area contributed by atoms with E-state index in [4.69, 9.17) is 33.0 Å². The second-order valence-electron chi connectivity index (χ2n) is 6.31. The number of aromatic nitrogens is 3. The molecule has 1 heterocycles. The Labute approximate surface area is 235 Å². The number of hydrogen-bond donors (Lipinski definition) is 3. The predicted molar refractivity (Wildman–Crippen MR) is 120 cm³/mol. The zero-order valence-corrected chi connectivity index (χ0v) is 23.5. The van der Waals surface area contributed by atoms with Crippen molar-refractivity contribution in [2.75, 3.05) is 24.0 Å². The molecule has 2 rings (SSSR count). The van der Waals surface area contributed by atoms with Crippen molar-refractivity contribution in [3.05, 3.63) is 27.7 Å². The molecule has 12 heteroatoms. The summed E-state index contributed by atoms with van der Waals surface area (Å²) in [5.41, 5.74) is -0.114. The largest absolute Gasteiger partial charge is 1.00 e. The minimum Gasteiger partial charge on any atom is -1.00 e. The SMILES string of the molecule is COc1c(Cl)ccc(Cl)c1C(=O)O.CSc1nc(NC(C)C)nc(NC(C)C)n1.[H-].[K+]. The fraction of sp³-hybridized carbons (Fsp3) is 0.444. The number of carboxylic acid groups (broad SMARTS) is 1. The molecule has 0 bridgehead atoms. The minimum atomic E-state index is -1.16. The second kappa shape index (κ2) is 14.7. The van der Waals surface area contributed by atoms with Gasteiger partial charge in [-0.15, -0.1) is 0 Å². The van der Waals surface area contributed by atoms with Gasteiger partial charge in [0.25, 0.3) is 0 Å². The second-order valence-corrected chi connectivity index (χ2v) is 7.90. The summed E-state index contributed by atoms with van der Waals surface area (Å²) in [6.45, 7) is 8.21. The summed E-state index contributed by atoms with van der Waals surface area (Å²) in [7, 11) is 1.34. The van der Waals surface area contributed by atoms with Crippen LogP contribution in [0.15, 0.2) is 17.3 Å². The van der Waals surface area contributed by atoms with E-state index < -0.39 is 5.97 Å². The van der Waals surface area contributed by atoms with Crippen molar-refractivity contribution in [1.29, 1.82) is 0 Å². The van der Waals surface area contributed by atoms with Gasteiger partial charge in [-0.05, 0) is 46.1 Å². The number of hydrogen-bond acceptors (Lipinski definition) is 8. The monoisotopic (exact) mass is 501 g/mol. The number of nitrogens with one attached hydrogen (secondary N) is 2. The third kappa shape index (κ3) is 9.86. The molecule has 30 heavy (non-hydrogen) atoms. The summed E-state index contributed by atoms with van der Waals surface area (Å²) in [6, 6.07) is 3.51. The normalized spacial score (nSPS) is 10.1. The molecule has 0 aliphatic carbocycles. The molecule has 0 fully saturated rings. The maximum absolute atomic E-state index is 10.7. The number of halogens is 2. The van der Waals surface area contributed by atoms with Gasteiger partial charge in [0.15, 0.2) is 10.9 Å². The zero-order valence-electron chi connectivity index (χ0n) is 19.1. The van der Waals surface area contributed by atoms with Crippen LogP contribution in [-0.4, -0.2) is 51.5 Å². The van der Waals surface area contributed by atoms with Crippen LogP contribution in [0, 0.1) is 0 Å². The van der Waals surface area contributed by atoms with E-state index in [2.05, 4.69) is 53.3 Å². The van der Waals surface area contributed by atoms with Crippen molar-refractivity contribution in [2.45, 2.75) is 44.9 Å². The van der Waals surface area contributed by atoms with Crippen molar-refractivity contribution in [2.24, 2.45) is 0 Å². The Hall–Kier alpha value is -0.334. The van der Waals surface area contributed by atoms with Gasteiger partial charge >= 0.3 is 57.4 Å². The van der Waals surface area contributed by atoms with Crippen molar-refractivity contribution in [3.63, 3.8) is 0 Å². The summed E-state index contributed by atoms with van der Waals surface area (Å²) in [5, 5.41) is 16.2. The Kier molecular flexibility index (Phi) is 14.5. The number of carbonyl (C=O) groups is 1. The fourth-order valence-electron chi connectivity index (χ4n) is 2.03. The van der Waals surface area contributed by atoms with E-state index in [9.17, 15) is 4.79 Å². The maximum Gasteiger partial charge on any atom is 1.00 e. The van der Waals surface area contributed by atoms with Gasteiger partial charge < -0.3 is 21.9 Å². The first-order valence-electron chi connectivity index (χ1n) is 8.67. The van der Waals surface area contributed by atoms with Gasteiger partial charge in [0, 0.05) is 12.1 Å². The number of rotatable bonds is 7. The third-order valence-electron chi connectivity index (χ3n) is 3.11. The molecule has 162 valence electrons. The molecule has 1 aromatic carbocycles. The van der Waals surface area contributed by atoms with E-state index in [1.54, 1.807) is 0 Å². The molecule has 0 radical (unpaired) electrons. The molecule has 0 aliphatic rings. The van der Waals surface area contributed by atoms with Crippen LogP contribution in [0.2, 0.25) is 10.0 Å². The fourth-order valence-corrected chi connectivity index (χ4v) is 2.85. The van der Waals surface area contributed by atoms with E-state index in [0.717, 1.165) is 5.16 Å². The minimum absolute atomic E-state index is 0. The molecule has 0 spiro atoms. The van der Waals surface area contributed by atoms with Gasteiger partial charge in [-0.25, -0.2) is 4.79 Å². The molecule has 2 aromatic rings. The average Bonchev–Trinajstić information content (AvgIpc) is 2.62. The van der Waals surface area contributed by atoms with E-state index in [-0.39, 0.29) is 74.2 Å². The van der Waals surface area contributed by atoms with E-state index in [0.29, 0.717) is 24.0 Å². The predicted octanol–water partition coefficient (Wildman–Crippen LogP) is 2.05. The van der Waals surface area contributed by atoms with Crippen LogP contribution >= 0.6 is 35.0 Å². The van der Waals surface area contributed by atoms with Crippen molar-refractivity contribution < 1.29 is 67.4 Å². The van der Waals surface area contributed by atoms with Crippen molar-refractivity contribution in [1.82, 2.24) is 15.0 Å². The molecule has 0 saturated carbocycles. The average molecular weight is 503 g/mol. The van der Waals surface area contributed by atoms with Crippen LogP contribution in [0.5, 0.6) is 5.75 Å². The molecular formula is C18H26Cl2KN5O3S. The van der Waals surface area contributed by atoms with Gasteiger partial charge in [0.1, 0.15) is 5.56 Å². The summed E-state index contributed by atoms with van der Waals surface area (Å²) in [4.78, 5) is 23.6. The number of thioether (sulfide) groups is 1. The molecule has 3 N–H and O–H groups in total. The number of aromatic carboxylic acids is 1. The van der Waals surface area contributed by atoms with Gasteiger partial charge in [-0.1, -0.05) is 35.0 Å². The summed E-state index contributed by atoms with van der Waals surface area (Å²) < 4.78 is 4.82. The Bertz CT molecular complexity index is 822. The molecule has 0 saturated heterocycles. The van der Waals surface area contributed by atoms with E-state index in [1.807, 2.05) is 6.26 Å². The quantitative estimate of drug-likeness (QED) is 0.387. The molecular weight excluding hydrogens is 476 g/mol. The number of nitrogens with zero attached hydrogens (tertiary/aromatic N) is 3. The zero-order chi connectivity index (χ0) is 22.1. The Balaban J connectivity index is 0. The Morgan fingerprint density at radius 3 is 1.87 bits per heavy atom. The summed E-state index contributed by atoms with van der Waals surface area (Å²) >= 11 is 12.9. The molecule has 0 unspecified atom stereocenters. The first-order valence-corrected chi connectivity index (χ1v) is 10.7. The van der Waals surface area contributed by atoms with Crippen LogP contribution in [0.3, 0.4) is 0 Å². The van der Waals surface area contributed by atoms with Crippen LogP contribution in [0.25, 0.3) is 0 Å². The molecule has 0 aliphatic heterocycles. The number of methoxy groups -OCH3 is 1. The van der Waals surface area contributed by atoms with Gasteiger partial charge in [0.05, 0.1) is 17.2 Å². The molecule has 1 aromatic heterocycles. The number of anilines is 2. The van der Waals surface area contributed by atoms with Crippen LogP contribution < -0.4 is 66.8 Å². The number of ether oxygens (including phenoxy) is 1. The van der Waals surface area contributed by atoms with E-state index >= 15 is 0 Å². The van der Waals surface area contributed by atoms with Gasteiger partial charge in [-0.3, -0.25) is 0 Å². The van der Waals surface area contributed by atoms with Crippen LogP contribution in [0.1, 0.15) is 39.5 Å². The number of carboxylic acids is 1. The third-order valence-corrected chi connectivity index (χ3v) is 4.27. The first-order chi connectivity index (χ1) is 13.6. The van der Waals surface area contributed by atoms with Crippen molar-refractivity contribution in [3.8, 4) is 5.75 Å². The summed E-state index contributed by atoms with van der Waals surface area (Å²) in [5.74, 6) is 0.168. The topological polar surface area (TPSA) is 109 Å². The first kappa shape index (κ1) is 29.7. The van der Waals surface area contributed by atoms with Gasteiger partial charge in [0.2, 0.25) is 11.9 Å².